The number of carbonyl (C=O) groups excluding carboxylic acids is 1. The molecule has 1 atom stereocenters. The van der Waals surface area contributed by atoms with Crippen molar-refractivity contribution in [2.75, 3.05) is 34.3 Å². The number of esters is 1. The molecule has 30 heavy (non-hydrogen) atoms. The van der Waals surface area contributed by atoms with Gasteiger partial charge < -0.3 is 38.3 Å². The van der Waals surface area contributed by atoms with Crippen LogP contribution < -0.4 is 24.0 Å². The van der Waals surface area contributed by atoms with Gasteiger partial charge in [-0.25, -0.2) is 0 Å². The number of unbranched alkanes of at least 4 members (excludes halogenated alkanes) is 12. The van der Waals surface area contributed by atoms with Crippen LogP contribution in [-0.2, 0) is 9.53 Å². The number of hydrogen-bond acceptors (Lipinski definition) is 3. The second kappa shape index (κ2) is 22.1. The fraction of sp³-hybridized carbons (Fsp3) is 0.880. The Bertz CT molecular complexity index is 408. The van der Waals surface area contributed by atoms with E-state index in [4.69, 9.17) is 4.74 Å². The summed E-state index contributed by atoms with van der Waals surface area (Å²) in [6.07, 6.45) is 22.0. The van der Waals surface area contributed by atoms with Crippen molar-refractivity contribution < 1.29 is 43.1 Å². The van der Waals surface area contributed by atoms with E-state index in [9.17, 15) is 9.90 Å². The molecule has 0 aromatic heterocycles. The molecule has 0 aliphatic rings. The van der Waals surface area contributed by atoms with Crippen molar-refractivity contribution in [2.24, 2.45) is 0 Å². The van der Waals surface area contributed by atoms with Crippen molar-refractivity contribution in [3.05, 3.63) is 12.2 Å². The number of likely N-dealkylation sites (N-methyl/N-ethyl adjacent to an activating group) is 1. The summed E-state index contributed by atoms with van der Waals surface area (Å²) in [5.41, 5.74) is 0. The van der Waals surface area contributed by atoms with Crippen molar-refractivity contribution in [2.45, 2.75) is 109 Å². The highest BCUT2D eigenvalue weighted by Gasteiger charge is 2.19. The zero-order valence-electron chi connectivity index (χ0n) is 20.3. The van der Waals surface area contributed by atoms with Crippen LogP contribution in [0.4, 0.5) is 0 Å². The lowest BCUT2D eigenvalue weighted by molar-refractivity contribution is -0.873. The summed E-state index contributed by atoms with van der Waals surface area (Å²) >= 11 is 0. The third-order valence-electron chi connectivity index (χ3n) is 5.08. The summed E-state index contributed by atoms with van der Waals surface area (Å²) in [4.78, 5) is 11.7. The zero-order valence-corrected chi connectivity index (χ0v) is 22.5. The van der Waals surface area contributed by atoms with Crippen molar-refractivity contribution in [1.82, 2.24) is 0 Å². The summed E-state index contributed by atoms with van der Waals surface area (Å²) in [6, 6.07) is 0. The lowest BCUT2D eigenvalue weighted by Gasteiger charge is -2.26. The fourth-order valence-electron chi connectivity index (χ4n) is 3.48. The third kappa shape index (κ3) is 25.9. The molecule has 0 saturated carbocycles. The van der Waals surface area contributed by atoms with Gasteiger partial charge in [0.1, 0.15) is 12.6 Å². The Kier molecular flexibility index (Phi) is 23.6. The second-order valence-corrected chi connectivity index (χ2v) is 9.49. The van der Waals surface area contributed by atoms with Crippen LogP contribution >= 0.6 is 0 Å². The molecule has 0 rings (SSSR count). The van der Waals surface area contributed by atoms with Crippen LogP contribution in [0.2, 0.25) is 0 Å². The van der Waals surface area contributed by atoms with E-state index in [1.54, 1.807) is 0 Å². The molecule has 5 heteroatoms. The average Bonchev–Trinajstić information content (AvgIpc) is 2.62. The summed E-state index contributed by atoms with van der Waals surface area (Å²) in [5, 5.41) is 9.88. The Labute approximate surface area is 204 Å². The molecule has 0 saturated heterocycles. The summed E-state index contributed by atoms with van der Waals surface area (Å²) in [7, 11) is 6.00. The van der Waals surface area contributed by atoms with E-state index in [1.807, 2.05) is 21.1 Å². The summed E-state index contributed by atoms with van der Waals surface area (Å²) in [5.74, 6) is -0.279. The Hall–Kier alpha value is -0.140. The van der Waals surface area contributed by atoms with Crippen LogP contribution in [-0.4, -0.2) is 56.0 Å². The summed E-state index contributed by atoms with van der Waals surface area (Å²) in [6.45, 7) is 3.31. The van der Waals surface area contributed by atoms with Crippen molar-refractivity contribution in [3.8, 4) is 0 Å². The van der Waals surface area contributed by atoms with Gasteiger partial charge in [-0.15, -0.1) is 0 Å². The predicted molar refractivity (Wildman–Crippen MR) is 124 cm³/mol. The van der Waals surface area contributed by atoms with E-state index in [0.717, 1.165) is 12.8 Å². The average molecular weight is 540 g/mol. The molecule has 4 nitrogen and oxygen atoms in total. The maximum Gasteiger partial charge on any atom is 0.308 e. The van der Waals surface area contributed by atoms with E-state index in [2.05, 4.69) is 19.1 Å². The van der Waals surface area contributed by atoms with Crippen molar-refractivity contribution in [3.63, 3.8) is 0 Å². The minimum absolute atomic E-state index is 0. The van der Waals surface area contributed by atoms with E-state index < -0.39 is 6.10 Å². The lowest BCUT2D eigenvalue weighted by atomic mass is 10.1. The van der Waals surface area contributed by atoms with Crippen LogP contribution in [0.15, 0.2) is 12.2 Å². The molecular weight excluding hydrogens is 489 g/mol. The third-order valence-corrected chi connectivity index (χ3v) is 5.08. The first-order chi connectivity index (χ1) is 13.8. The molecule has 0 aliphatic heterocycles. The van der Waals surface area contributed by atoms with Crippen LogP contribution in [0, 0.1) is 0 Å². The van der Waals surface area contributed by atoms with Crippen LogP contribution in [0.25, 0.3) is 0 Å². The maximum absolute atomic E-state index is 11.7. The normalized spacial score (nSPS) is 12.7. The van der Waals surface area contributed by atoms with Gasteiger partial charge in [-0.2, -0.15) is 0 Å². The highest BCUT2D eigenvalue weighted by molar-refractivity contribution is 5.69. The smallest absolute Gasteiger partial charge is 0.308 e. The predicted octanol–water partition coefficient (Wildman–Crippen LogP) is 3.03. The van der Waals surface area contributed by atoms with Crippen molar-refractivity contribution >= 4 is 5.97 Å². The van der Waals surface area contributed by atoms with Crippen LogP contribution in [0.1, 0.15) is 103 Å². The fourth-order valence-corrected chi connectivity index (χ4v) is 3.48. The zero-order chi connectivity index (χ0) is 21.8. The minimum atomic E-state index is -0.623. The Morgan fingerprint density at radius 1 is 0.833 bits per heavy atom. The Morgan fingerprint density at radius 2 is 1.30 bits per heavy atom. The first kappa shape index (κ1) is 32.0. The number of aliphatic hydroxyl groups excluding tert-OH is 1. The SMILES string of the molecule is CCCCCCCC/C=C\CCCCCCCCOC(=O)CC(O)C[N+](C)(C)C.[I-]. The number of hydrogen-bond donors (Lipinski definition) is 1. The van der Waals surface area contributed by atoms with E-state index in [1.165, 1.54) is 77.0 Å². The van der Waals surface area contributed by atoms with Crippen molar-refractivity contribution in [1.29, 1.82) is 0 Å². The maximum atomic E-state index is 11.7. The van der Waals surface area contributed by atoms with Crippen LogP contribution in [0.3, 0.4) is 0 Å². The highest BCUT2D eigenvalue weighted by Crippen LogP contribution is 2.10. The Balaban J connectivity index is 0. The lowest BCUT2D eigenvalue weighted by Crippen LogP contribution is -3.00. The van der Waals surface area contributed by atoms with Gasteiger partial charge in [-0.3, -0.25) is 4.79 Å². The first-order valence-corrected chi connectivity index (χ1v) is 12.1. The van der Waals surface area contributed by atoms with Gasteiger partial charge in [0.25, 0.3) is 0 Å². The van der Waals surface area contributed by atoms with Crippen LogP contribution in [0.5, 0.6) is 0 Å². The number of quaternary nitrogens is 1. The number of nitrogens with zero attached hydrogens (tertiary/aromatic N) is 1. The summed E-state index contributed by atoms with van der Waals surface area (Å²) < 4.78 is 5.87. The van der Waals surface area contributed by atoms with E-state index in [-0.39, 0.29) is 36.4 Å². The van der Waals surface area contributed by atoms with Gasteiger partial charge in [-0.05, 0) is 32.1 Å². The molecule has 0 fully saturated rings. The Morgan fingerprint density at radius 3 is 1.80 bits per heavy atom. The molecule has 0 amide bonds. The number of aliphatic hydroxyl groups is 1. The molecule has 0 heterocycles. The number of ether oxygens (including phenoxy) is 1. The van der Waals surface area contributed by atoms with Gasteiger partial charge in [0, 0.05) is 0 Å². The molecule has 0 radical (unpaired) electrons. The molecular formula is C25H50INO3. The van der Waals surface area contributed by atoms with Gasteiger partial charge >= 0.3 is 5.97 Å². The molecule has 0 bridgehead atoms. The molecule has 1 N–H and O–H groups in total. The van der Waals surface area contributed by atoms with Gasteiger partial charge in [0.15, 0.2) is 0 Å². The molecule has 0 spiro atoms. The number of carbonyl (C=O) groups is 1. The molecule has 0 aliphatic carbocycles. The molecule has 1 unspecified atom stereocenters. The molecule has 0 aromatic carbocycles. The van der Waals surface area contributed by atoms with E-state index in [0.29, 0.717) is 17.6 Å². The highest BCUT2D eigenvalue weighted by atomic mass is 127. The monoisotopic (exact) mass is 539 g/mol. The largest absolute Gasteiger partial charge is 1.00 e. The first-order valence-electron chi connectivity index (χ1n) is 12.1. The quantitative estimate of drug-likeness (QED) is 0.0851. The standard InChI is InChI=1S/C25H50NO3.HI/c1-5-6-7-8-9-10-11-12-13-14-15-16-17-18-19-20-21-29-25(28)22-24(27)23-26(2,3)4;/h12-13,24,27H,5-11,14-23H2,1-4H3;1H/q+1;/p-1/b13-12-;. The molecule has 0 aromatic rings. The van der Waals surface area contributed by atoms with Gasteiger partial charge in [0.2, 0.25) is 0 Å². The molecule has 180 valence electrons. The van der Waals surface area contributed by atoms with E-state index >= 15 is 0 Å². The van der Waals surface area contributed by atoms with Gasteiger partial charge in [0.05, 0.1) is 34.2 Å². The van der Waals surface area contributed by atoms with Gasteiger partial charge in [-0.1, -0.05) is 76.9 Å². The number of allylic oxidation sites excluding steroid dienone is 2. The minimum Gasteiger partial charge on any atom is -1.00 e. The number of rotatable bonds is 20. The number of halogens is 1. The second-order valence-electron chi connectivity index (χ2n) is 9.49. The topological polar surface area (TPSA) is 46.5 Å².